The van der Waals surface area contributed by atoms with Crippen molar-refractivity contribution in [2.45, 2.75) is 27.8 Å². The first-order valence-corrected chi connectivity index (χ1v) is 10.7. The van der Waals surface area contributed by atoms with Crippen LogP contribution < -0.4 is 0 Å². The zero-order valence-electron chi connectivity index (χ0n) is 14.6. The second-order valence-electron chi connectivity index (χ2n) is 6.40. The number of benzene rings is 3. The maximum absolute atomic E-state index is 2.48. The van der Waals surface area contributed by atoms with Crippen molar-refractivity contribution in [2.75, 3.05) is 0 Å². The van der Waals surface area contributed by atoms with E-state index in [9.17, 15) is 0 Å². The number of fused-ring (bicyclic) bond motifs is 2. The van der Waals surface area contributed by atoms with E-state index in [1.807, 2.05) is 23.5 Å². The molecule has 0 atom stereocenters. The third kappa shape index (κ3) is 2.50. The molecule has 2 heterocycles. The molecule has 1 aliphatic heterocycles. The summed E-state index contributed by atoms with van der Waals surface area (Å²) in [7, 11) is 0. The third-order valence-electron chi connectivity index (χ3n) is 4.93. The highest BCUT2D eigenvalue weighted by atomic mass is 32.2. The fourth-order valence-electron chi connectivity index (χ4n) is 3.82. The number of thioether (sulfide) groups is 2. The van der Waals surface area contributed by atoms with E-state index in [1.54, 1.807) is 0 Å². The molecule has 4 aromatic rings. The molecular formula is C23H19NS2. The molecule has 3 heteroatoms. The van der Waals surface area contributed by atoms with Gasteiger partial charge in [-0.3, -0.25) is 0 Å². The third-order valence-corrected chi connectivity index (χ3v) is 7.75. The Labute approximate surface area is 162 Å². The van der Waals surface area contributed by atoms with Crippen molar-refractivity contribution in [3.8, 4) is 11.3 Å². The lowest BCUT2D eigenvalue weighted by molar-refractivity contribution is 0.803. The van der Waals surface area contributed by atoms with Crippen LogP contribution in [0.2, 0.25) is 0 Å². The second kappa shape index (κ2) is 6.57. The number of aromatic nitrogens is 1. The number of hydrogen-bond donors (Lipinski definition) is 0. The van der Waals surface area contributed by atoms with Crippen molar-refractivity contribution in [1.29, 1.82) is 0 Å². The lowest BCUT2D eigenvalue weighted by atomic mass is 10.1. The van der Waals surface area contributed by atoms with E-state index in [4.69, 9.17) is 0 Å². The van der Waals surface area contributed by atoms with Crippen LogP contribution in [0, 0.1) is 0 Å². The first kappa shape index (κ1) is 16.1. The van der Waals surface area contributed by atoms with Crippen LogP contribution in [0.4, 0.5) is 0 Å². The predicted molar refractivity (Wildman–Crippen MR) is 114 cm³/mol. The van der Waals surface area contributed by atoms with E-state index in [1.165, 1.54) is 37.5 Å². The Morgan fingerprint density at radius 3 is 2.08 bits per heavy atom. The van der Waals surface area contributed by atoms with Crippen LogP contribution in [-0.4, -0.2) is 4.57 Å². The Morgan fingerprint density at radius 2 is 1.38 bits per heavy atom. The van der Waals surface area contributed by atoms with E-state index in [0.717, 1.165) is 6.54 Å². The number of rotatable bonds is 3. The van der Waals surface area contributed by atoms with Gasteiger partial charge in [0.25, 0.3) is 0 Å². The molecule has 5 rings (SSSR count). The first-order valence-electron chi connectivity index (χ1n) is 8.95. The zero-order valence-corrected chi connectivity index (χ0v) is 16.2. The summed E-state index contributed by atoms with van der Waals surface area (Å²) in [4.78, 5) is 2.80. The Balaban J connectivity index is 1.77. The highest BCUT2D eigenvalue weighted by Gasteiger charge is 2.30. The number of nitrogens with zero attached hydrogens (tertiary/aromatic N) is 1. The number of hydrogen-bond acceptors (Lipinski definition) is 2. The second-order valence-corrected chi connectivity index (χ2v) is 9.00. The molecule has 0 aliphatic carbocycles. The number of aryl methyl sites for hydroxylation is 1. The quantitative estimate of drug-likeness (QED) is 0.373. The summed E-state index contributed by atoms with van der Waals surface area (Å²) >= 11 is 3.97. The van der Waals surface area contributed by atoms with Crippen LogP contribution >= 0.6 is 23.5 Å². The molecule has 0 radical (unpaired) electrons. The van der Waals surface area contributed by atoms with Gasteiger partial charge in [0.1, 0.15) is 0 Å². The minimum atomic E-state index is 0.389. The van der Waals surface area contributed by atoms with E-state index < -0.39 is 0 Å². The molecule has 0 spiro atoms. The van der Waals surface area contributed by atoms with Crippen molar-refractivity contribution in [1.82, 2.24) is 4.57 Å². The topological polar surface area (TPSA) is 4.93 Å². The van der Waals surface area contributed by atoms with E-state index in [2.05, 4.69) is 90.4 Å². The lowest BCUT2D eigenvalue weighted by Gasteiger charge is -2.14. The van der Waals surface area contributed by atoms with Crippen molar-refractivity contribution in [3.63, 3.8) is 0 Å². The molecule has 128 valence electrons. The monoisotopic (exact) mass is 373 g/mol. The molecule has 0 fully saturated rings. The van der Waals surface area contributed by atoms with Crippen LogP contribution in [0.3, 0.4) is 0 Å². The summed E-state index contributed by atoms with van der Waals surface area (Å²) in [5.74, 6) is 0. The minimum absolute atomic E-state index is 0.389. The maximum atomic E-state index is 2.48. The Bertz CT molecular complexity index is 1060. The molecule has 1 nitrogen and oxygen atoms in total. The average Bonchev–Trinajstić information content (AvgIpc) is 3.27. The Morgan fingerprint density at radius 1 is 0.769 bits per heavy atom. The van der Waals surface area contributed by atoms with Crippen molar-refractivity contribution in [2.24, 2.45) is 0 Å². The largest absolute Gasteiger partial charge is 0.340 e. The predicted octanol–water partition coefficient (Wildman–Crippen LogP) is 7.22. The van der Waals surface area contributed by atoms with Crippen molar-refractivity contribution >= 4 is 34.4 Å². The maximum Gasteiger partial charge on any atom is 0.0873 e. The molecular weight excluding hydrogens is 354 g/mol. The van der Waals surface area contributed by atoms with Gasteiger partial charge in [-0.25, -0.2) is 0 Å². The van der Waals surface area contributed by atoms with E-state index in [-0.39, 0.29) is 0 Å². The standard InChI is InChI=1S/C23H19NS2/c1-2-24-18-13-7-6-12-17(18)21(22(24)16-10-4-3-5-11-16)23-25-19-14-8-9-15-20(19)26-23/h3-15,23H,2H2,1H3. The molecule has 0 bridgehead atoms. The molecule has 0 saturated carbocycles. The fourth-order valence-corrected chi connectivity index (χ4v) is 6.78. The Hall–Kier alpha value is -2.10. The van der Waals surface area contributed by atoms with Gasteiger partial charge >= 0.3 is 0 Å². The number of para-hydroxylation sites is 1. The van der Waals surface area contributed by atoms with Gasteiger partial charge in [0.2, 0.25) is 0 Å². The van der Waals surface area contributed by atoms with Gasteiger partial charge in [0, 0.05) is 32.8 Å². The summed E-state index contributed by atoms with van der Waals surface area (Å²) in [5, 5.41) is 1.38. The first-order chi connectivity index (χ1) is 12.9. The molecule has 0 N–H and O–H groups in total. The molecule has 1 aliphatic rings. The lowest BCUT2D eigenvalue weighted by Crippen LogP contribution is -1.98. The van der Waals surface area contributed by atoms with Crippen LogP contribution in [0.5, 0.6) is 0 Å². The highest BCUT2D eigenvalue weighted by Crippen LogP contribution is 2.59. The summed E-state index contributed by atoms with van der Waals surface area (Å²) in [5.41, 5.74) is 5.46. The molecule has 0 unspecified atom stereocenters. The van der Waals surface area contributed by atoms with Gasteiger partial charge in [-0.15, -0.1) is 23.5 Å². The van der Waals surface area contributed by atoms with E-state index in [0.29, 0.717) is 4.58 Å². The molecule has 3 aromatic carbocycles. The van der Waals surface area contributed by atoms with Crippen LogP contribution in [0.1, 0.15) is 17.1 Å². The molecule has 1 aromatic heterocycles. The zero-order chi connectivity index (χ0) is 17.5. The van der Waals surface area contributed by atoms with Gasteiger partial charge in [-0.1, -0.05) is 60.7 Å². The minimum Gasteiger partial charge on any atom is -0.340 e. The summed E-state index contributed by atoms with van der Waals surface area (Å²) in [6, 6.07) is 28.5. The highest BCUT2D eigenvalue weighted by molar-refractivity contribution is 8.19. The summed E-state index contributed by atoms with van der Waals surface area (Å²) < 4.78 is 2.87. The van der Waals surface area contributed by atoms with Crippen LogP contribution in [0.25, 0.3) is 22.2 Å². The van der Waals surface area contributed by atoms with Gasteiger partial charge in [0.15, 0.2) is 0 Å². The normalized spacial score (nSPS) is 14.0. The SMILES string of the molecule is CCn1c(-c2ccccc2)c(C2Sc3ccccc3S2)c2ccccc21. The van der Waals surface area contributed by atoms with Crippen molar-refractivity contribution in [3.05, 3.63) is 84.4 Å². The van der Waals surface area contributed by atoms with Gasteiger partial charge in [-0.05, 0) is 30.7 Å². The summed E-state index contributed by atoms with van der Waals surface area (Å²) in [6.07, 6.45) is 0. The Kier molecular flexibility index (Phi) is 4.07. The van der Waals surface area contributed by atoms with Crippen molar-refractivity contribution < 1.29 is 0 Å². The summed E-state index contributed by atoms with van der Waals surface area (Å²) in [6.45, 7) is 3.21. The van der Waals surface area contributed by atoms with Gasteiger partial charge in [0.05, 0.1) is 10.3 Å². The molecule has 0 amide bonds. The smallest absolute Gasteiger partial charge is 0.0873 e. The van der Waals surface area contributed by atoms with Crippen LogP contribution in [0.15, 0.2) is 88.7 Å². The molecule has 0 saturated heterocycles. The van der Waals surface area contributed by atoms with E-state index >= 15 is 0 Å². The van der Waals surface area contributed by atoms with Crippen LogP contribution in [-0.2, 0) is 6.54 Å². The van der Waals surface area contributed by atoms with Gasteiger partial charge < -0.3 is 4.57 Å². The average molecular weight is 374 g/mol. The van der Waals surface area contributed by atoms with Gasteiger partial charge in [-0.2, -0.15) is 0 Å². The molecule has 26 heavy (non-hydrogen) atoms. The fraction of sp³-hybridized carbons (Fsp3) is 0.130.